The number of benzene rings is 2. The Kier molecular flexibility index (Phi) is 8.20. The molecule has 12 heteroatoms. The van der Waals surface area contributed by atoms with E-state index < -0.39 is 61.0 Å². The van der Waals surface area contributed by atoms with Crippen LogP contribution in [0.5, 0.6) is 0 Å². The van der Waals surface area contributed by atoms with Gasteiger partial charge in [0.1, 0.15) is 23.4 Å². The lowest BCUT2D eigenvalue weighted by molar-refractivity contribution is -0.189. The molecule has 274 valence electrons. The van der Waals surface area contributed by atoms with E-state index in [1.807, 2.05) is 82.4 Å². The number of anilines is 1. The molecule has 1 unspecified atom stereocenters. The zero-order valence-electron chi connectivity index (χ0n) is 32.2. The number of aromatic nitrogens is 1. The van der Waals surface area contributed by atoms with Gasteiger partial charge in [0.05, 0.1) is 16.6 Å². The summed E-state index contributed by atoms with van der Waals surface area (Å²) < 4.78 is 20.3. The summed E-state index contributed by atoms with van der Waals surface area (Å²) in [7, 11) is -1.01. The number of carbonyl (C=O) groups excluding carboxylic acids is 4. The second kappa shape index (κ2) is 11.4. The van der Waals surface area contributed by atoms with Crippen molar-refractivity contribution < 1.29 is 33.1 Å². The minimum atomic E-state index is -2.64. The molecule has 1 aromatic heterocycles. The summed E-state index contributed by atoms with van der Waals surface area (Å²) in [5, 5.41) is 0.476. The smallest absolute Gasteiger partial charge is 0.419 e. The van der Waals surface area contributed by atoms with E-state index >= 15 is 4.79 Å². The topological polar surface area (TPSA) is 111 Å². The standard InChI is InChI=1S/C39H52N4O7Si/c1-35(2,3)48-33(46)41-23-26(24-18-14-16-20-27(24)41)39-22-29-30(44)40(11)38(10,50-51(12,13)37(7,8)9)32(45)42(29)31(39)43(34(47)49-36(4,5)6)28-21-17-15-19-25(28)39/h14-21,23,29,31H,22H2,1-13H3/t29?,31-,38+,39+/m0/s1. The summed E-state index contributed by atoms with van der Waals surface area (Å²) in [5.41, 5.74) is -1.81. The predicted molar refractivity (Wildman–Crippen MR) is 198 cm³/mol. The number of piperazine rings is 1. The van der Waals surface area contributed by atoms with E-state index in [9.17, 15) is 14.4 Å². The first-order valence-electron chi connectivity index (χ1n) is 17.6. The van der Waals surface area contributed by atoms with E-state index in [0.29, 0.717) is 16.8 Å². The van der Waals surface area contributed by atoms with Gasteiger partial charge in [0.15, 0.2) is 8.32 Å². The van der Waals surface area contributed by atoms with Crippen LogP contribution in [0.3, 0.4) is 0 Å². The molecule has 0 bridgehead atoms. The fourth-order valence-corrected chi connectivity index (χ4v) is 9.17. The van der Waals surface area contributed by atoms with Crippen LogP contribution in [-0.4, -0.2) is 82.9 Å². The molecule has 0 saturated carbocycles. The lowest BCUT2D eigenvalue weighted by Gasteiger charge is -2.53. The van der Waals surface area contributed by atoms with E-state index in [-0.39, 0.29) is 17.4 Å². The van der Waals surface area contributed by atoms with Crippen molar-refractivity contribution in [2.45, 2.75) is 128 Å². The van der Waals surface area contributed by atoms with E-state index in [4.69, 9.17) is 13.9 Å². The van der Waals surface area contributed by atoms with Crippen LogP contribution in [-0.2, 0) is 28.9 Å². The summed E-state index contributed by atoms with van der Waals surface area (Å²) in [5.74, 6) is -0.703. The quantitative estimate of drug-likeness (QED) is 0.257. The van der Waals surface area contributed by atoms with Crippen LogP contribution in [0.25, 0.3) is 10.9 Å². The molecule has 0 aliphatic carbocycles. The van der Waals surface area contributed by atoms with Gasteiger partial charge in [-0.25, -0.2) is 9.59 Å². The average molecular weight is 717 g/mol. The van der Waals surface area contributed by atoms with Crippen LogP contribution in [0.2, 0.25) is 18.1 Å². The van der Waals surface area contributed by atoms with Gasteiger partial charge in [0, 0.05) is 18.6 Å². The number of carbonyl (C=O) groups is 4. The predicted octanol–water partition coefficient (Wildman–Crippen LogP) is 7.60. The van der Waals surface area contributed by atoms with Gasteiger partial charge in [-0.15, -0.1) is 0 Å². The van der Waals surface area contributed by atoms with E-state index in [1.165, 1.54) is 14.4 Å². The second-order valence-corrected chi connectivity index (χ2v) is 22.5. The first kappa shape index (κ1) is 36.6. The van der Waals surface area contributed by atoms with Crippen molar-refractivity contribution in [3.05, 3.63) is 65.9 Å². The summed E-state index contributed by atoms with van der Waals surface area (Å²) >= 11 is 0. The van der Waals surface area contributed by atoms with E-state index in [2.05, 4.69) is 20.8 Å². The highest BCUT2D eigenvalue weighted by atomic mass is 28.4. The number of likely N-dealkylation sites (N-methyl/N-ethyl adjacent to an activating group) is 1. The number of rotatable bonds is 3. The zero-order valence-corrected chi connectivity index (χ0v) is 33.2. The lowest BCUT2D eigenvalue weighted by atomic mass is 9.72. The van der Waals surface area contributed by atoms with Crippen molar-refractivity contribution in [1.82, 2.24) is 14.4 Å². The Morgan fingerprint density at radius 2 is 1.39 bits per heavy atom. The molecule has 3 aliphatic rings. The highest BCUT2D eigenvalue weighted by Gasteiger charge is 2.71. The maximum Gasteiger partial charge on any atom is 0.419 e. The van der Waals surface area contributed by atoms with Crippen LogP contribution in [0.1, 0.15) is 86.8 Å². The number of fused-ring (bicyclic) bond motifs is 6. The molecule has 2 fully saturated rings. The molecule has 0 radical (unpaired) electrons. The van der Waals surface area contributed by atoms with E-state index in [1.54, 1.807) is 45.8 Å². The number of nitrogens with zero attached hydrogens (tertiary/aromatic N) is 4. The molecule has 3 aliphatic heterocycles. The fraction of sp³-hybridized carbons (Fsp3) is 0.538. The Labute approximate surface area is 301 Å². The third-order valence-corrected chi connectivity index (χ3v) is 15.5. The highest BCUT2D eigenvalue weighted by Crippen LogP contribution is 2.61. The number of amides is 3. The van der Waals surface area contributed by atoms with Gasteiger partial charge < -0.3 is 23.7 Å². The van der Waals surface area contributed by atoms with Crippen molar-refractivity contribution in [2.75, 3.05) is 11.9 Å². The number of hydrogen-bond acceptors (Lipinski definition) is 7. The highest BCUT2D eigenvalue weighted by molar-refractivity contribution is 6.74. The van der Waals surface area contributed by atoms with Gasteiger partial charge >= 0.3 is 12.2 Å². The molecule has 6 rings (SSSR count). The third-order valence-electron chi connectivity index (χ3n) is 11.0. The summed E-state index contributed by atoms with van der Waals surface area (Å²) in [6, 6.07) is 14.1. The molecule has 4 heterocycles. The molecule has 2 saturated heterocycles. The van der Waals surface area contributed by atoms with Crippen LogP contribution >= 0.6 is 0 Å². The van der Waals surface area contributed by atoms with Gasteiger partial charge in [-0.05, 0) is 96.3 Å². The summed E-state index contributed by atoms with van der Waals surface area (Å²) in [6.07, 6.45) is -0.332. The van der Waals surface area contributed by atoms with Crippen molar-refractivity contribution in [1.29, 1.82) is 0 Å². The second-order valence-electron chi connectivity index (χ2n) is 17.8. The summed E-state index contributed by atoms with van der Waals surface area (Å²) in [6.45, 7) is 22.8. The molecule has 2 aromatic carbocycles. The number of ether oxygens (including phenoxy) is 2. The monoisotopic (exact) mass is 716 g/mol. The van der Waals surface area contributed by atoms with Gasteiger partial charge in [0.25, 0.3) is 5.91 Å². The van der Waals surface area contributed by atoms with Crippen molar-refractivity contribution in [3.63, 3.8) is 0 Å². The van der Waals surface area contributed by atoms with Crippen LogP contribution < -0.4 is 4.90 Å². The van der Waals surface area contributed by atoms with Gasteiger partial charge in [-0.3, -0.25) is 19.1 Å². The zero-order chi connectivity index (χ0) is 37.9. The third kappa shape index (κ3) is 5.56. The minimum Gasteiger partial charge on any atom is -0.443 e. The van der Waals surface area contributed by atoms with E-state index in [0.717, 1.165) is 10.9 Å². The maximum atomic E-state index is 15.3. The molecule has 0 spiro atoms. The molecule has 0 N–H and O–H groups in total. The molecule has 3 aromatic rings. The van der Waals surface area contributed by atoms with Crippen molar-refractivity contribution >= 4 is 48.9 Å². The normalized spacial score (nSPS) is 25.2. The molecular formula is C39H52N4O7Si. The minimum absolute atomic E-state index is 0.154. The van der Waals surface area contributed by atoms with Crippen LogP contribution in [0.15, 0.2) is 54.7 Å². The van der Waals surface area contributed by atoms with Crippen molar-refractivity contribution in [2.24, 2.45) is 0 Å². The Balaban J connectivity index is 1.65. The van der Waals surface area contributed by atoms with Gasteiger partial charge in [-0.2, -0.15) is 0 Å². The average Bonchev–Trinajstić information content (AvgIpc) is 3.63. The molecular weight excluding hydrogens is 665 g/mol. The van der Waals surface area contributed by atoms with Crippen LogP contribution in [0, 0.1) is 0 Å². The fourth-order valence-electron chi connectivity index (χ4n) is 7.64. The largest absolute Gasteiger partial charge is 0.443 e. The number of hydrogen-bond donors (Lipinski definition) is 0. The summed E-state index contributed by atoms with van der Waals surface area (Å²) in [4.78, 5) is 62.8. The molecule has 51 heavy (non-hydrogen) atoms. The molecule has 4 atom stereocenters. The SMILES string of the molecule is CN1C(=O)C2C[C@]3(c4cn(C(=O)OC(C)(C)C)c5ccccc45)c4ccccc4N(C(=O)OC(C)(C)C)[C@@H]3N2C(=O)[C@@]1(C)O[Si](C)(C)C(C)(C)C. The van der Waals surface area contributed by atoms with Gasteiger partial charge in [0.2, 0.25) is 11.6 Å². The Bertz CT molecular complexity index is 1950. The lowest BCUT2D eigenvalue weighted by Crippen LogP contribution is -2.73. The Morgan fingerprint density at radius 3 is 2.00 bits per heavy atom. The van der Waals surface area contributed by atoms with Crippen molar-refractivity contribution in [3.8, 4) is 0 Å². The van der Waals surface area contributed by atoms with Crippen LogP contribution in [0.4, 0.5) is 15.3 Å². The maximum absolute atomic E-state index is 15.3. The first-order chi connectivity index (χ1) is 23.4. The first-order valence-corrected chi connectivity index (χ1v) is 20.5. The number of para-hydroxylation sites is 2. The Hall–Kier alpha value is -4.16. The Morgan fingerprint density at radius 1 is 0.824 bits per heavy atom. The molecule has 3 amide bonds. The van der Waals surface area contributed by atoms with Gasteiger partial charge in [-0.1, -0.05) is 57.2 Å². The molecule has 11 nitrogen and oxygen atoms in total.